The predicted octanol–water partition coefficient (Wildman–Crippen LogP) is 4.72. The SMILES string of the molecule is Cc1ccc(S(=O)(=O)N(CC(=O)N[C@@H](C)c2ccccc2)c2ccccc2Cl)cc1. The maximum atomic E-state index is 13.4. The average Bonchev–Trinajstić information content (AvgIpc) is 2.73. The van der Waals surface area contributed by atoms with Crippen LogP contribution in [0.25, 0.3) is 0 Å². The monoisotopic (exact) mass is 442 g/mol. The quantitative estimate of drug-likeness (QED) is 0.575. The summed E-state index contributed by atoms with van der Waals surface area (Å²) >= 11 is 6.28. The first-order valence-electron chi connectivity index (χ1n) is 9.47. The fourth-order valence-electron chi connectivity index (χ4n) is 3.03. The van der Waals surface area contributed by atoms with Crippen molar-refractivity contribution in [1.29, 1.82) is 0 Å². The molecule has 0 unspecified atom stereocenters. The number of hydrogen-bond donors (Lipinski definition) is 1. The molecule has 3 rings (SSSR count). The Hall–Kier alpha value is -2.83. The lowest BCUT2D eigenvalue weighted by atomic mass is 10.1. The molecule has 7 heteroatoms. The average molecular weight is 443 g/mol. The zero-order valence-electron chi connectivity index (χ0n) is 16.7. The largest absolute Gasteiger partial charge is 0.348 e. The van der Waals surface area contributed by atoms with Gasteiger partial charge >= 0.3 is 0 Å². The van der Waals surface area contributed by atoms with E-state index in [9.17, 15) is 13.2 Å². The third-order valence-corrected chi connectivity index (χ3v) is 6.79. The number of sulfonamides is 1. The molecule has 0 heterocycles. The number of carbonyl (C=O) groups is 1. The first kappa shape index (κ1) is 21.9. The van der Waals surface area contributed by atoms with Gasteiger partial charge in [-0.1, -0.05) is 71.8 Å². The Morgan fingerprint density at radius 2 is 1.57 bits per heavy atom. The van der Waals surface area contributed by atoms with Crippen LogP contribution in [0, 0.1) is 6.92 Å². The molecule has 0 radical (unpaired) electrons. The zero-order chi connectivity index (χ0) is 21.7. The van der Waals surface area contributed by atoms with E-state index in [0.29, 0.717) is 0 Å². The fraction of sp³-hybridized carbons (Fsp3) is 0.174. The van der Waals surface area contributed by atoms with E-state index in [2.05, 4.69) is 5.32 Å². The van der Waals surface area contributed by atoms with Gasteiger partial charge in [0, 0.05) is 0 Å². The first-order chi connectivity index (χ1) is 14.3. The Bertz CT molecular complexity index is 1120. The molecule has 5 nitrogen and oxygen atoms in total. The van der Waals surface area contributed by atoms with Gasteiger partial charge in [0.2, 0.25) is 5.91 Å². The summed E-state index contributed by atoms with van der Waals surface area (Å²) < 4.78 is 27.8. The van der Waals surface area contributed by atoms with Gasteiger partial charge in [-0.2, -0.15) is 0 Å². The Balaban J connectivity index is 1.91. The summed E-state index contributed by atoms with van der Waals surface area (Å²) in [7, 11) is -4.00. The number of hydrogen-bond acceptors (Lipinski definition) is 3. The highest BCUT2D eigenvalue weighted by Gasteiger charge is 2.29. The molecule has 0 saturated carbocycles. The van der Waals surface area contributed by atoms with Crippen molar-refractivity contribution in [2.24, 2.45) is 0 Å². The summed E-state index contributed by atoms with van der Waals surface area (Å²) in [6.45, 7) is 3.33. The van der Waals surface area contributed by atoms with Crippen LogP contribution in [0.2, 0.25) is 5.02 Å². The van der Waals surface area contributed by atoms with Crippen LogP contribution in [-0.2, 0) is 14.8 Å². The van der Waals surface area contributed by atoms with Crippen LogP contribution in [0.4, 0.5) is 5.69 Å². The predicted molar refractivity (Wildman–Crippen MR) is 120 cm³/mol. The van der Waals surface area contributed by atoms with Crippen LogP contribution >= 0.6 is 11.6 Å². The molecule has 156 valence electrons. The van der Waals surface area contributed by atoms with Gasteiger partial charge in [-0.15, -0.1) is 0 Å². The van der Waals surface area contributed by atoms with E-state index in [0.717, 1.165) is 15.4 Å². The van der Waals surface area contributed by atoms with E-state index >= 15 is 0 Å². The number of halogens is 1. The summed E-state index contributed by atoms with van der Waals surface area (Å²) in [5, 5.41) is 3.11. The second kappa shape index (κ2) is 9.32. The number of anilines is 1. The summed E-state index contributed by atoms with van der Waals surface area (Å²) in [4.78, 5) is 12.9. The Labute approximate surface area is 182 Å². The number of carbonyl (C=O) groups excluding carboxylic acids is 1. The van der Waals surface area contributed by atoms with Crippen molar-refractivity contribution in [2.75, 3.05) is 10.8 Å². The molecule has 0 fully saturated rings. The molecule has 1 atom stereocenters. The number of para-hydroxylation sites is 1. The Kier molecular flexibility index (Phi) is 6.80. The normalized spacial score (nSPS) is 12.2. The van der Waals surface area contributed by atoms with Gasteiger partial charge in [0.05, 0.1) is 21.6 Å². The highest BCUT2D eigenvalue weighted by molar-refractivity contribution is 7.92. The lowest BCUT2D eigenvalue weighted by molar-refractivity contribution is -0.120. The minimum atomic E-state index is -4.00. The van der Waals surface area contributed by atoms with Crippen LogP contribution in [0.1, 0.15) is 24.1 Å². The minimum Gasteiger partial charge on any atom is -0.348 e. The van der Waals surface area contributed by atoms with Gasteiger partial charge in [-0.05, 0) is 43.7 Å². The Morgan fingerprint density at radius 1 is 0.967 bits per heavy atom. The Morgan fingerprint density at radius 3 is 2.20 bits per heavy atom. The van der Waals surface area contributed by atoms with Crippen molar-refractivity contribution in [3.8, 4) is 0 Å². The van der Waals surface area contributed by atoms with Crippen molar-refractivity contribution in [2.45, 2.75) is 24.8 Å². The molecular formula is C23H23ClN2O3S. The molecule has 0 aromatic heterocycles. The number of benzene rings is 3. The smallest absolute Gasteiger partial charge is 0.264 e. The topological polar surface area (TPSA) is 66.5 Å². The standard InChI is InChI=1S/C23H23ClN2O3S/c1-17-12-14-20(15-13-17)30(28,29)26(22-11-7-6-10-21(22)24)16-23(27)25-18(2)19-8-4-3-5-9-19/h3-15,18H,16H2,1-2H3,(H,25,27)/t18-/m0/s1. The van der Waals surface area contributed by atoms with Crippen LogP contribution in [0.3, 0.4) is 0 Å². The van der Waals surface area contributed by atoms with E-state index in [-0.39, 0.29) is 21.6 Å². The van der Waals surface area contributed by atoms with E-state index < -0.39 is 22.5 Å². The summed E-state index contributed by atoms with van der Waals surface area (Å²) in [5.41, 5.74) is 2.12. The molecule has 0 aliphatic heterocycles. The molecule has 0 aliphatic rings. The highest BCUT2D eigenvalue weighted by atomic mass is 35.5. The van der Waals surface area contributed by atoms with Crippen molar-refractivity contribution >= 4 is 33.2 Å². The van der Waals surface area contributed by atoms with Crippen molar-refractivity contribution in [1.82, 2.24) is 5.32 Å². The van der Waals surface area contributed by atoms with Gasteiger partial charge in [-0.3, -0.25) is 9.10 Å². The van der Waals surface area contributed by atoms with Crippen LogP contribution in [0.5, 0.6) is 0 Å². The van der Waals surface area contributed by atoms with Gasteiger partial charge in [0.1, 0.15) is 6.54 Å². The van der Waals surface area contributed by atoms with E-state index in [1.165, 1.54) is 12.1 Å². The second-order valence-corrected chi connectivity index (χ2v) is 9.25. The number of nitrogens with zero attached hydrogens (tertiary/aromatic N) is 1. The summed E-state index contributed by atoms with van der Waals surface area (Å²) in [5.74, 6) is -0.429. The third-order valence-electron chi connectivity index (χ3n) is 4.69. The lowest BCUT2D eigenvalue weighted by Gasteiger charge is -2.26. The van der Waals surface area contributed by atoms with Crippen molar-refractivity contribution < 1.29 is 13.2 Å². The number of aryl methyl sites for hydroxylation is 1. The highest BCUT2D eigenvalue weighted by Crippen LogP contribution is 2.30. The molecule has 3 aromatic rings. The first-order valence-corrected chi connectivity index (χ1v) is 11.3. The number of rotatable bonds is 7. The van der Waals surface area contributed by atoms with Crippen molar-refractivity contribution in [3.05, 3.63) is 95.0 Å². The number of amides is 1. The molecule has 0 aliphatic carbocycles. The van der Waals surface area contributed by atoms with Crippen molar-refractivity contribution in [3.63, 3.8) is 0 Å². The van der Waals surface area contributed by atoms with Crippen LogP contribution in [-0.4, -0.2) is 20.9 Å². The molecule has 30 heavy (non-hydrogen) atoms. The molecule has 3 aromatic carbocycles. The molecule has 1 amide bonds. The maximum Gasteiger partial charge on any atom is 0.264 e. The molecule has 1 N–H and O–H groups in total. The summed E-state index contributed by atoms with van der Waals surface area (Å²) in [6.07, 6.45) is 0. The fourth-order valence-corrected chi connectivity index (χ4v) is 4.76. The van der Waals surface area contributed by atoms with Gasteiger partial charge < -0.3 is 5.32 Å². The van der Waals surface area contributed by atoms with Crippen LogP contribution < -0.4 is 9.62 Å². The molecule has 0 spiro atoms. The van der Waals surface area contributed by atoms with Gasteiger partial charge in [0.25, 0.3) is 10.0 Å². The van der Waals surface area contributed by atoms with E-state index in [1.54, 1.807) is 36.4 Å². The number of nitrogens with one attached hydrogen (secondary N) is 1. The second-order valence-electron chi connectivity index (χ2n) is 6.98. The minimum absolute atomic E-state index is 0.0944. The van der Waals surface area contributed by atoms with E-state index in [4.69, 9.17) is 11.6 Å². The lowest BCUT2D eigenvalue weighted by Crippen LogP contribution is -2.41. The molecule has 0 saturated heterocycles. The van der Waals surface area contributed by atoms with Gasteiger partial charge in [-0.25, -0.2) is 8.42 Å². The zero-order valence-corrected chi connectivity index (χ0v) is 18.3. The van der Waals surface area contributed by atoms with Crippen LogP contribution in [0.15, 0.2) is 83.8 Å². The van der Waals surface area contributed by atoms with Gasteiger partial charge in [0.15, 0.2) is 0 Å². The maximum absolute atomic E-state index is 13.4. The third kappa shape index (κ3) is 5.01. The molecular weight excluding hydrogens is 420 g/mol. The summed E-state index contributed by atoms with van der Waals surface area (Å²) in [6, 6.07) is 22.3. The molecule has 0 bridgehead atoms. The van der Waals surface area contributed by atoms with E-state index in [1.807, 2.05) is 44.2 Å².